The topological polar surface area (TPSA) is 61.7 Å². The molecule has 0 fully saturated rings. The molecular weight excluding hydrogens is 843 g/mol. The molecule has 0 bridgehead atoms. The monoisotopic (exact) mass is 881 g/mol. The minimum atomic E-state index is 0.500. The van der Waals surface area contributed by atoms with E-state index in [-0.39, 0.29) is 0 Å². The van der Waals surface area contributed by atoms with E-state index in [4.69, 9.17) is 19.4 Å². The highest BCUT2D eigenvalue weighted by Crippen LogP contribution is 2.45. The summed E-state index contributed by atoms with van der Waals surface area (Å²) in [6, 6.07) is 83.1. The smallest absolute Gasteiger partial charge is 0.238 e. The van der Waals surface area contributed by atoms with Gasteiger partial charge in [0.15, 0.2) is 22.8 Å². The van der Waals surface area contributed by atoms with E-state index in [1.54, 1.807) is 0 Å². The summed E-state index contributed by atoms with van der Waals surface area (Å²) in [6.45, 7) is 0. The van der Waals surface area contributed by atoms with Gasteiger partial charge in [-0.2, -0.15) is 9.97 Å². The van der Waals surface area contributed by atoms with Crippen LogP contribution < -0.4 is 0 Å². The fourth-order valence-electron chi connectivity index (χ4n) is 10.4. The summed E-state index contributed by atoms with van der Waals surface area (Å²) in [6.07, 6.45) is 0. The van der Waals surface area contributed by atoms with Crippen LogP contribution in [-0.4, -0.2) is 24.1 Å². The summed E-state index contributed by atoms with van der Waals surface area (Å²) in [5.41, 5.74) is 15.1. The van der Waals surface area contributed by atoms with E-state index in [2.05, 4.69) is 234 Å². The van der Waals surface area contributed by atoms with Crippen LogP contribution in [0.5, 0.6) is 0 Å². The highest BCUT2D eigenvalue weighted by Gasteiger charge is 2.25. The van der Waals surface area contributed by atoms with Crippen molar-refractivity contribution in [2.75, 3.05) is 0 Å². The van der Waals surface area contributed by atoms with Crippen molar-refractivity contribution >= 4 is 65.6 Å². The van der Waals surface area contributed by atoms with Gasteiger partial charge in [-0.05, 0) is 70.3 Å². The molecule has 0 aliphatic heterocycles. The van der Waals surface area contributed by atoms with Crippen LogP contribution in [0, 0.1) is 0 Å². The summed E-state index contributed by atoms with van der Waals surface area (Å²) in [7, 11) is 0. The Morgan fingerprint density at radius 1 is 0.290 bits per heavy atom. The fraction of sp³-hybridized carbons (Fsp3) is 0. The maximum absolute atomic E-state index is 7.45. The van der Waals surface area contributed by atoms with Crippen molar-refractivity contribution in [1.29, 1.82) is 0 Å². The average molecular weight is 882 g/mol. The first kappa shape index (κ1) is 38.8. The number of fused-ring (bicyclic) bond motifs is 11. The summed E-state index contributed by atoms with van der Waals surface area (Å²) in [4.78, 5) is 16.1. The lowest BCUT2D eigenvalue weighted by atomic mass is 10.0. The molecule has 4 aromatic heterocycles. The Morgan fingerprint density at radius 3 is 1.28 bits per heavy atom. The van der Waals surface area contributed by atoms with Gasteiger partial charge in [-0.3, -0.25) is 4.57 Å². The van der Waals surface area contributed by atoms with Crippen LogP contribution in [0.2, 0.25) is 0 Å². The standard InChI is InChI=1S/C63H39N5O/c1-4-18-40(19-5-1)43-24-16-26-45(38-43)61-64-62(46-27-17-25-44(39-46)41-20-6-2-7-21-41)66-63(65-61)68-56-33-15-12-30-49(56)51-35-37-53-52-36-34-50-48-29-11-14-32-55(48)67(57(50)59(52)69-60(53)58(51)68)54-31-13-10-28-47(54)42-22-8-3-9-23-42/h1-39H. The summed E-state index contributed by atoms with van der Waals surface area (Å²) in [5.74, 6) is 1.65. The van der Waals surface area contributed by atoms with E-state index in [0.29, 0.717) is 17.6 Å². The normalized spacial score (nSPS) is 11.8. The lowest BCUT2D eigenvalue weighted by Crippen LogP contribution is -2.06. The molecule has 0 radical (unpaired) electrons. The van der Waals surface area contributed by atoms with Crippen molar-refractivity contribution in [2.24, 2.45) is 0 Å². The largest absolute Gasteiger partial charge is 0.452 e. The third kappa shape index (κ3) is 6.23. The van der Waals surface area contributed by atoms with Gasteiger partial charge in [0.1, 0.15) is 5.52 Å². The zero-order valence-electron chi connectivity index (χ0n) is 37.2. The minimum absolute atomic E-state index is 0.500. The van der Waals surface area contributed by atoms with E-state index >= 15 is 0 Å². The molecule has 0 amide bonds. The van der Waals surface area contributed by atoms with E-state index in [1.807, 2.05) is 12.1 Å². The molecule has 10 aromatic carbocycles. The molecule has 0 atom stereocenters. The molecule has 6 nitrogen and oxygen atoms in total. The Hall–Kier alpha value is -9.39. The molecule has 0 spiro atoms. The van der Waals surface area contributed by atoms with Crippen molar-refractivity contribution < 1.29 is 4.42 Å². The summed E-state index contributed by atoms with van der Waals surface area (Å²) in [5, 5.41) is 6.45. The Labute approximate surface area is 396 Å². The number of benzene rings is 10. The van der Waals surface area contributed by atoms with Crippen LogP contribution in [0.1, 0.15) is 0 Å². The van der Waals surface area contributed by atoms with Gasteiger partial charge in [0.2, 0.25) is 5.95 Å². The quantitative estimate of drug-likeness (QED) is 0.160. The molecule has 0 unspecified atom stereocenters. The lowest BCUT2D eigenvalue weighted by molar-refractivity contribution is 0.673. The molecule has 0 N–H and O–H groups in total. The van der Waals surface area contributed by atoms with Crippen LogP contribution in [0.3, 0.4) is 0 Å². The molecule has 14 rings (SSSR count). The van der Waals surface area contributed by atoms with Gasteiger partial charge in [0.05, 0.1) is 22.2 Å². The zero-order valence-corrected chi connectivity index (χ0v) is 37.2. The number of rotatable bonds is 7. The molecule has 6 heteroatoms. The van der Waals surface area contributed by atoms with Crippen LogP contribution in [0.25, 0.3) is 133 Å². The van der Waals surface area contributed by atoms with Gasteiger partial charge in [0, 0.05) is 49.0 Å². The molecule has 0 aliphatic rings. The van der Waals surface area contributed by atoms with E-state index < -0.39 is 0 Å². The maximum Gasteiger partial charge on any atom is 0.238 e. The van der Waals surface area contributed by atoms with E-state index in [0.717, 1.165) is 116 Å². The number of furan rings is 1. The number of hydrogen-bond acceptors (Lipinski definition) is 4. The predicted molar refractivity (Wildman–Crippen MR) is 283 cm³/mol. The fourth-order valence-corrected chi connectivity index (χ4v) is 10.4. The van der Waals surface area contributed by atoms with E-state index in [1.165, 1.54) is 0 Å². The first-order valence-electron chi connectivity index (χ1n) is 23.3. The molecule has 0 saturated heterocycles. The molecular formula is C63H39N5O. The second-order valence-electron chi connectivity index (χ2n) is 17.5. The molecule has 14 aromatic rings. The third-order valence-corrected chi connectivity index (χ3v) is 13.6. The van der Waals surface area contributed by atoms with Gasteiger partial charge in [-0.1, -0.05) is 194 Å². The Balaban J connectivity index is 1.06. The number of nitrogens with zero attached hydrogens (tertiary/aromatic N) is 5. The third-order valence-electron chi connectivity index (χ3n) is 13.6. The molecule has 0 saturated carbocycles. The first-order valence-corrected chi connectivity index (χ1v) is 23.3. The average Bonchev–Trinajstić information content (AvgIpc) is 4.10. The van der Waals surface area contributed by atoms with Crippen molar-refractivity contribution in [3.05, 3.63) is 237 Å². The number of para-hydroxylation sites is 3. The molecule has 0 aliphatic carbocycles. The van der Waals surface area contributed by atoms with Crippen molar-refractivity contribution in [3.8, 4) is 67.8 Å². The highest BCUT2D eigenvalue weighted by molar-refractivity contribution is 6.26. The molecule has 322 valence electrons. The summed E-state index contributed by atoms with van der Waals surface area (Å²) < 4.78 is 12.0. The highest BCUT2D eigenvalue weighted by atomic mass is 16.3. The van der Waals surface area contributed by atoms with Crippen molar-refractivity contribution in [2.45, 2.75) is 0 Å². The minimum Gasteiger partial charge on any atom is -0.452 e. The molecule has 4 heterocycles. The van der Waals surface area contributed by atoms with Crippen LogP contribution in [0.4, 0.5) is 0 Å². The van der Waals surface area contributed by atoms with Crippen molar-refractivity contribution in [3.63, 3.8) is 0 Å². The van der Waals surface area contributed by atoms with Gasteiger partial charge >= 0.3 is 0 Å². The van der Waals surface area contributed by atoms with Crippen molar-refractivity contribution in [1.82, 2.24) is 24.1 Å². The predicted octanol–water partition coefficient (Wildman–Crippen LogP) is 16.3. The van der Waals surface area contributed by atoms with Crippen LogP contribution in [0.15, 0.2) is 241 Å². The Kier molecular flexibility index (Phi) is 8.79. The Morgan fingerprint density at radius 2 is 0.710 bits per heavy atom. The number of aromatic nitrogens is 5. The van der Waals surface area contributed by atoms with Crippen LogP contribution >= 0.6 is 0 Å². The van der Waals surface area contributed by atoms with Gasteiger partial charge < -0.3 is 8.98 Å². The second kappa shape index (κ2) is 15.6. The number of hydrogen-bond donors (Lipinski definition) is 0. The zero-order chi connectivity index (χ0) is 45.4. The van der Waals surface area contributed by atoms with Gasteiger partial charge in [0.25, 0.3) is 0 Å². The first-order chi connectivity index (χ1) is 34.2. The molecule has 69 heavy (non-hydrogen) atoms. The van der Waals surface area contributed by atoms with Crippen LogP contribution in [-0.2, 0) is 0 Å². The SMILES string of the molecule is c1ccc(-c2cccc(-c3nc(-c4cccc(-c5ccccc5)c4)nc(-n4c5ccccc5c5ccc6c7ccc8c9ccccc9n(-c9ccccc9-c9ccccc9)c8c7oc6c54)n3)c2)cc1. The van der Waals surface area contributed by atoms with E-state index in [9.17, 15) is 0 Å². The Bertz CT molecular complexity index is 4200. The lowest BCUT2D eigenvalue weighted by Gasteiger charge is -2.14. The maximum atomic E-state index is 7.45. The summed E-state index contributed by atoms with van der Waals surface area (Å²) >= 11 is 0. The second-order valence-corrected chi connectivity index (χ2v) is 17.5. The van der Waals surface area contributed by atoms with Gasteiger partial charge in [-0.25, -0.2) is 4.98 Å². The van der Waals surface area contributed by atoms with Gasteiger partial charge in [-0.15, -0.1) is 0 Å².